The van der Waals surface area contributed by atoms with Crippen LogP contribution in [0.5, 0.6) is 0 Å². The molecule has 0 aliphatic heterocycles. The fourth-order valence-corrected chi connectivity index (χ4v) is 2.52. The van der Waals surface area contributed by atoms with E-state index in [1.54, 1.807) is 6.07 Å². The topological polar surface area (TPSA) is 15.3 Å². The maximum Gasteiger partial charge on any atom is 0.147 e. The number of hydrogen-bond acceptors (Lipinski definition) is 2. The van der Waals surface area contributed by atoms with Crippen LogP contribution in [0.4, 0.5) is 15.8 Å². The predicted octanol–water partition coefficient (Wildman–Crippen LogP) is 4.15. The fourth-order valence-electron chi connectivity index (χ4n) is 2.52. The lowest BCUT2D eigenvalue weighted by Crippen LogP contribution is -2.20. The van der Waals surface area contributed by atoms with Gasteiger partial charge in [0.25, 0.3) is 0 Å². The van der Waals surface area contributed by atoms with Gasteiger partial charge in [-0.3, -0.25) is 0 Å². The van der Waals surface area contributed by atoms with Crippen molar-refractivity contribution in [3.8, 4) is 0 Å². The van der Waals surface area contributed by atoms with Gasteiger partial charge in [-0.1, -0.05) is 29.8 Å². The van der Waals surface area contributed by atoms with Gasteiger partial charge in [0.1, 0.15) is 5.82 Å². The van der Waals surface area contributed by atoms with Gasteiger partial charge >= 0.3 is 0 Å². The van der Waals surface area contributed by atoms with Crippen molar-refractivity contribution in [2.45, 2.75) is 32.4 Å². The SMILES string of the molecule is Cc1ccc(N(C)c2c(F)cccc2CNC2CC2)cc1. The molecule has 0 aromatic heterocycles. The highest BCUT2D eigenvalue weighted by molar-refractivity contribution is 5.66. The summed E-state index contributed by atoms with van der Waals surface area (Å²) in [5, 5.41) is 3.46. The van der Waals surface area contributed by atoms with Crippen molar-refractivity contribution >= 4 is 11.4 Å². The van der Waals surface area contributed by atoms with Gasteiger partial charge in [-0.05, 0) is 43.5 Å². The number of para-hydroxylation sites is 1. The lowest BCUT2D eigenvalue weighted by atomic mass is 10.1. The zero-order valence-electron chi connectivity index (χ0n) is 12.6. The van der Waals surface area contributed by atoms with Crippen LogP contribution in [0.15, 0.2) is 42.5 Å². The highest BCUT2D eigenvalue weighted by atomic mass is 19.1. The second kappa shape index (κ2) is 5.86. The first kappa shape index (κ1) is 14.1. The van der Waals surface area contributed by atoms with Crippen molar-refractivity contribution in [1.29, 1.82) is 0 Å². The van der Waals surface area contributed by atoms with Crippen LogP contribution in [0.1, 0.15) is 24.0 Å². The molecule has 1 fully saturated rings. The summed E-state index contributed by atoms with van der Waals surface area (Å²) in [6.45, 7) is 2.77. The zero-order chi connectivity index (χ0) is 14.8. The van der Waals surface area contributed by atoms with Crippen LogP contribution < -0.4 is 10.2 Å². The van der Waals surface area contributed by atoms with E-state index in [4.69, 9.17) is 0 Å². The van der Waals surface area contributed by atoms with E-state index >= 15 is 0 Å². The molecule has 2 aromatic carbocycles. The van der Waals surface area contributed by atoms with Crippen molar-refractivity contribution in [3.63, 3.8) is 0 Å². The Balaban J connectivity index is 1.89. The first-order valence-electron chi connectivity index (χ1n) is 7.46. The van der Waals surface area contributed by atoms with Crippen LogP contribution in [0.3, 0.4) is 0 Å². The number of nitrogens with zero attached hydrogens (tertiary/aromatic N) is 1. The van der Waals surface area contributed by atoms with E-state index in [0.717, 1.165) is 11.3 Å². The number of nitrogens with one attached hydrogen (secondary N) is 1. The second-order valence-corrected chi connectivity index (χ2v) is 5.80. The summed E-state index contributed by atoms with van der Waals surface area (Å²) in [6, 6.07) is 14.1. The third kappa shape index (κ3) is 3.24. The Hall–Kier alpha value is -1.87. The summed E-state index contributed by atoms with van der Waals surface area (Å²) in [6.07, 6.45) is 2.47. The molecule has 1 saturated carbocycles. The lowest BCUT2D eigenvalue weighted by molar-refractivity contribution is 0.619. The molecule has 3 heteroatoms. The number of anilines is 2. The molecule has 0 saturated heterocycles. The summed E-state index contributed by atoms with van der Waals surface area (Å²) in [7, 11) is 1.92. The highest BCUT2D eigenvalue weighted by Crippen LogP contribution is 2.30. The smallest absolute Gasteiger partial charge is 0.147 e. The number of rotatable bonds is 5. The van der Waals surface area contributed by atoms with Crippen LogP contribution in [0.2, 0.25) is 0 Å². The van der Waals surface area contributed by atoms with Gasteiger partial charge in [0.2, 0.25) is 0 Å². The minimum absolute atomic E-state index is 0.173. The first-order chi connectivity index (χ1) is 10.1. The summed E-state index contributed by atoms with van der Waals surface area (Å²) >= 11 is 0. The summed E-state index contributed by atoms with van der Waals surface area (Å²) in [5.74, 6) is -0.173. The summed E-state index contributed by atoms with van der Waals surface area (Å²) in [4.78, 5) is 1.93. The van der Waals surface area contributed by atoms with Crippen molar-refractivity contribution in [2.75, 3.05) is 11.9 Å². The average Bonchev–Trinajstić information content (AvgIpc) is 3.29. The number of aryl methyl sites for hydroxylation is 1. The largest absolute Gasteiger partial charge is 0.342 e. The van der Waals surface area contributed by atoms with Crippen molar-refractivity contribution in [1.82, 2.24) is 5.32 Å². The lowest BCUT2D eigenvalue weighted by Gasteiger charge is -2.23. The van der Waals surface area contributed by atoms with Crippen LogP contribution in [-0.2, 0) is 6.54 Å². The van der Waals surface area contributed by atoms with Gasteiger partial charge in [-0.15, -0.1) is 0 Å². The Bertz CT molecular complexity index is 618. The summed E-state index contributed by atoms with van der Waals surface area (Å²) < 4.78 is 14.3. The Labute approximate surface area is 125 Å². The molecular weight excluding hydrogens is 263 g/mol. The standard InChI is InChI=1S/C18H21FN2/c1-13-6-10-16(11-7-13)21(2)18-14(4-3-5-17(18)19)12-20-15-8-9-15/h3-7,10-11,15,20H,8-9,12H2,1-2H3. The molecule has 3 rings (SSSR count). The molecule has 0 spiro atoms. The van der Waals surface area contributed by atoms with Crippen LogP contribution in [0, 0.1) is 12.7 Å². The molecule has 2 aromatic rings. The van der Waals surface area contributed by atoms with E-state index in [1.165, 1.54) is 24.5 Å². The first-order valence-corrected chi connectivity index (χ1v) is 7.46. The molecule has 0 bridgehead atoms. The van der Waals surface area contributed by atoms with Crippen molar-refractivity contribution in [3.05, 3.63) is 59.4 Å². The molecule has 0 atom stereocenters. The Morgan fingerprint density at radius 3 is 2.52 bits per heavy atom. The van der Waals surface area contributed by atoms with Gasteiger partial charge in [0.15, 0.2) is 0 Å². The molecule has 0 unspecified atom stereocenters. The Morgan fingerprint density at radius 1 is 1.14 bits per heavy atom. The molecule has 110 valence electrons. The normalized spacial score (nSPS) is 14.2. The Kier molecular flexibility index (Phi) is 3.93. The van der Waals surface area contributed by atoms with Crippen LogP contribution in [-0.4, -0.2) is 13.1 Å². The predicted molar refractivity (Wildman–Crippen MR) is 85.5 cm³/mol. The maximum absolute atomic E-state index is 14.3. The van der Waals surface area contributed by atoms with Crippen molar-refractivity contribution in [2.24, 2.45) is 0 Å². The van der Waals surface area contributed by atoms with E-state index in [9.17, 15) is 4.39 Å². The number of hydrogen-bond donors (Lipinski definition) is 1. The minimum atomic E-state index is -0.173. The van der Waals surface area contributed by atoms with E-state index in [-0.39, 0.29) is 5.82 Å². The minimum Gasteiger partial charge on any atom is -0.342 e. The quantitative estimate of drug-likeness (QED) is 0.887. The monoisotopic (exact) mass is 284 g/mol. The summed E-state index contributed by atoms with van der Waals surface area (Å²) in [5.41, 5.74) is 3.87. The molecule has 2 nitrogen and oxygen atoms in total. The average molecular weight is 284 g/mol. The molecule has 1 aliphatic carbocycles. The zero-order valence-corrected chi connectivity index (χ0v) is 12.6. The van der Waals surface area contributed by atoms with Gasteiger partial charge in [0.05, 0.1) is 5.69 Å². The van der Waals surface area contributed by atoms with Crippen molar-refractivity contribution < 1.29 is 4.39 Å². The fraction of sp³-hybridized carbons (Fsp3) is 0.333. The van der Waals surface area contributed by atoms with Crippen LogP contribution in [0.25, 0.3) is 0 Å². The Morgan fingerprint density at radius 2 is 1.86 bits per heavy atom. The molecule has 21 heavy (non-hydrogen) atoms. The molecule has 0 heterocycles. The van der Waals surface area contributed by atoms with E-state index < -0.39 is 0 Å². The maximum atomic E-state index is 14.3. The third-order valence-corrected chi connectivity index (χ3v) is 3.99. The molecular formula is C18H21FN2. The molecule has 1 aliphatic rings. The number of halogens is 1. The highest BCUT2D eigenvalue weighted by Gasteiger charge is 2.21. The van der Waals surface area contributed by atoms with E-state index in [0.29, 0.717) is 18.3 Å². The third-order valence-electron chi connectivity index (χ3n) is 3.99. The molecule has 1 N–H and O–H groups in total. The van der Waals surface area contributed by atoms with Gasteiger partial charge in [-0.2, -0.15) is 0 Å². The second-order valence-electron chi connectivity index (χ2n) is 5.80. The van der Waals surface area contributed by atoms with E-state index in [1.807, 2.05) is 30.1 Å². The number of benzene rings is 2. The molecule has 0 radical (unpaired) electrons. The van der Waals surface area contributed by atoms with Gasteiger partial charge in [0, 0.05) is 25.3 Å². The van der Waals surface area contributed by atoms with Gasteiger partial charge in [-0.25, -0.2) is 4.39 Å². The van der Waals surface area contributed by atoms with E-state index in [2.05, 4.69) is 24.4 Å². The molecule has 0 amide bonds. The van der Waals surface area contributed by atoms with Crippen LogP contribution >= 0.6 is 0 Å². The van der Waals surface area contributed by atoms with Gasteiger partial charge < -0.3 is 10.2 Å².